The number of carbonyl (C=O) groups excluding carboxylic acids is 1. The number of rotatable bonds is 4. The number of H-pyrrole nitrogens is 1. The Morgan fingerprint density at radius 2 is 2.05 bits per heavy atom. The van der Waals surface area contributed by atoms with Crippen LogP contribution in [0.25, 0.3) is 10.9 Å². The molecule has 0 fully saturated rings. The predicted molar refractivity (Wildman–Crippen MR) is 80.7 cm³/mol. The number of nitrogens with zero attached hydrogens (tertiary/aromatic N) is 2. The standard InChI is InChI=1S/C16H14N4O.ClH/c21-16(12-20-8-2-1-3-9-20)19-18-11-13-4-5-15-14(10-13)6-7-17-15;/h1-11H,12H2,(H-,17,18,19,21);1H. The van der Waals surface area contributed by atoms with Crippen LogP contribution in [-0.4, -0.2) is 17.1 Å². The van der Waals surface area contributed by atoms with E-state index in [4.69, 9.17) is 0 Å². The lowest BCUT2D eigenvalue weighted by atomic mass is 10.2. The van der Waals surface area contributed by atoms with Gasteiger partial charge in [-0.15, -0.1) is 0 Å². The first-order chi connectivity index (χ1) is 10.3. The van der Waals surface area contributed by atoms with Gasteiger partial charge in [-0.3, -0.25) is 4.79 Å². The Morgan fingerprint density at radius 1 is 1.23 bits per heavy atom. The average molecular weight is 315 g/mol. The van der Waals surface area contributed by atoms with Gasteiger partial charge in [0, 0.05) is 23.8 Å². The molecule has 0 bridgehead atoms. The van der Waals surface area contributed by atoms with E-state index in [0.717, 1.165) is 16.5 Å². The van der Waals surface area contributed by atoms with Gasteiger partial charge in [0.05, 0.1) is 6.21 Å². The van der Waals surface area contributed by atoms with Crippen molar-refractivity contribution in [3.63, 3.8) is 0 Å². The third-order valence-corrected chi connectivity index (χ3v) is 3.08. The number of amides is 1. The summed E-state index contributed by atoms with van der Waals surface area (Å²) < 4.78 is 1.79. The van der Waals surface area contributed by atoms with Crippen molar-refractivity contribution in [2.45, 2.75) is 6.54 Å². The number of hydrazone groups is 1. The van der Waals surface area contributed by atoms with Crippen LogP contribution in [-0.2, 0) is 11.3 Å². The summed E-state index contributed by atoms with van der Waals surface area (Å²) >= 11 is 0. The van der Waals surface area contributed by atoms with Gasteiger partial charge in [-0.1, -0.05) is 12.1 Å². The molecule has 0 saturated carbocycles. The van der Waals surface area contributed by atoms with Crippen molar-refractivity contribution in [3.05, 3.63) is 66.6 Å². The molecule has 0 radical (unpaired) electrons. The Labute approximate surface area is 134 Å². The lowest BCUT2D eigenvalue weighted by molar-refractivity contribution is -0.684. The highest BCUT2D eigenvalue weighted by Gasteiger charge is 2.06. The van der Waals surface area contributed by atoms with Crippen molar-refractivity contribution in [2.24, 2.45) is 5.10 Å². The minimum Gasteiger partial charge on any atom is -1.00 e. The number of halogens is 1. The summed E-state index contributed by atoms with van der Waals surface area (Å²) in [6.07, 6.45) is 7.21. The third kappa shape index (κ3) is 3.93. The summed E-state index contributed by atoms with van der Waals surface area (Å²) in [7, 11) is 0. The second-order valence-corrected chi connectivity index (χ2v) is 4.67. The van der Waals surface area contributed by atoms with Gasteiger partial charge >= 0.3 is 5.91 Å². The molecule has 0 unspecified atom stereocenters. The summed E-state index contributed by atoms with van der Waals surface area (Å²) in [5.74, 6) is -0.162. The van der Waals surface area contributed by atoms with Crippen molar-refractivity contribution in [2.75, 3.05) is 0 Å². The molecular weight excluding hydrogens is 300 g/mol. The number of fused-ring (bicyclic) bond motifs is 1. The summed E-state index contributed by atoms with van der Waals surface area (Å²) in [6.45, 7) is 0.245. The molecule has 3 rings (SSSR count). The molecule has 0 aliphatic rings. The molecule has 112 valence electrons. The molecular formula is C16H15ClN4O. The number of aromatic nitrogens is 2. The monoisotopic (exact) mass is 314 g/mol. The van der Waals surface area contributed by atoms with E-state index in [0.29, 0.717) is 0 Å². The van der Waals surface area contributed by atoms with Crippen LogP contribution in [0.15, 0.2) is 66.2 Å². The summed E-state index contributed by atoms with van der Waals surface area (Å²) in [5.41, 5.74) is 4.54. The van der Waals surface area contributed by atoms with Gasteiger partial charge in [0.15, 0.2) is 12.4 Å². The number of hydrogen-bond donors (Lipinski definition) is 2. The first kappa shape index (κ1) is 15.7. The topological polar surface area (TPSA) is 61.1 Å². The Morgan fingerprint density at radius 3 is 2.86 bits per heavy atom. The van der Waals surface area contributed by atoms with Crippen LogP contribution in [0.2, 0.25) is 0 Å². The fourth-order valence-corrected chi connectivity index (χ4v) is 2.07. The molecule has 3 aromatic rings. The molecule has 0 aliphatic carbocycles. The fraction of sp³-hybridized carbons (Fsp3) is 0.0625. The predicted octanol–water partition coefficient (Wildman–Crippen LogP) is -1.39. The van der Waals surface area contributed by atoms with Gasteiger partial charge in [-0.25, -0.2) is 5.43 Å². The fourth-order valence-electron chi connectivity index (χ4n) is 2.07. The Balaban J connectivity index is 0.00000176. The molecule has 2 aromatic heterocycles. The second-order valence-electron chi connectivity index (χ2n) is 4.67. The van der Waals surface area contributed by atoms with Crippen molar-refractivity contribution in [1.82, 2.24) is 10.4 Å². The van der Waals surface area contributed by atoms with E-state index >= 15 is 0 Å². The highest BCUT2D eigenvalue weighted by atomic mass is 35.5. The van der Waals surface area contributed by atoms with Crippen LogP contribution in [0.1, 0.15) is 5.56 Å². The molecule has 0 atom stereocenters. The number of hydrogen-bond acceptors (Lipinski definition) is 2. The average Bonchev–Trinajstić information content (AvgIpc) is 2.96. The van der Waals surface area contributed by atoms with Crippen LogP contribution < -0.4 is 22.4 Å². The number of pyridine rings is 1. The highest BCUT2D eigenvalue weighted by molar-refractivity contribution is 5.89. The van der Waals surface area contributed by atoms with Gasteiger partial charge in [0.1, 0.15) is 0 Å². The maximum atomic E-state index is 11.7. The van der Waals surface area contributed by atoms with Crippen molar-refractivity contribution in [3.8, 4) is 0 Å². The lowest BCUT2D eigenvalue weighted by Gasteiger charge is -1.97. The second kappa shape index (κ2) is 7.38. The van der Waals surface area contributed by atoms with Crippen LogP contribution in [0.3, 0.4) is 0 Å². The van der Waals surface area contributed by atoms with E-state index in [9.17, 15) is 4.79 Å². The Bertz CT molecular complexity index is 783. The van der Waals surface area contributed by atoms with E-state index in [1.54, 1.807) is 10.8 Å². The molecule has 22 heavy (non-hydrogen) atoms. The summed E-state index contributed by atoms with van der Waals surface area (Å²) in [5, 5.41) is 5.10. The third-order valence-electron chi connectivity index (χ3n) is 3.08. The van der Waals surface area contributed by atoms with E-state index < -0.39 is 0 Å². The zero-order valence-corrected chi connectivity index (χ0v) is 12.5. The molecule has 2 N–H and O–H groups in total. The van der Waals surface area contributed by atoms with E-state index in [-0.39, 0.29) is 24.9 Å². The molecule has 1 amide bonds. The van der Waals surface area contributed by atoms with Gasteiger partial charge < -0.3 is 17.4 Å². The minimum absolute atomic E-state index is 0. The number of carbonyl (C=O) groups is 1. The number of aromatic amines is 1. The molecule has 2 heterocycles. The number of nitrogens with one attached hydrogen (secondary N) is 2. The van der Waals surface area contributed by atoms with Gasteiger partial charge in [-0.05, 0) is 29.1 Å². The molecule has 0 spiro atoms. The SMILES string of the molecule is O=C(C[n+]1ccccc1)N/N=C/c1ccc2[nH]ccc2c1.[Cl-]. The van der Waals surface area contributed by atoms with Crippen molar-refractivity contribution in [1.29, 1.82) is 0 Å². The first-order valence-corrected chi connectivity index (χ1v) is 6.64. The smallest absolute Gasteiger partial charge is 0.305 e. The zero-order chi connectivity index (χ0) is 14.5. The van der Waals surface area contributed by atoms with Crippen LogP contribution in [0.4, 0.5) is 0 Å². The van der Waals surface area contributed by atoms with Gasteiger partial charge in [0.2, 0.25) is 6.54 Å². The van der Waals surface area contributed by atoms with Crippen molar-refractivity contribution >= 4 is 23.0 Å². The van der Waals surface area contributed by atoms with Crippen LogP contribution in [0.5, 0.6) is 0 Å². The largest absolute Gasteiger partial charge is 1.00 e. The number of benzene rings is 1. The minimum atomic E-state index is -0.162. The molecule has 5 nitrogen and oxygen atoms in total. The first-order valence-electron chi connectivity index (χ1n) is 6.64. The normalized spacial score (nSPS) is 10.5. The van der Waals surface area contributed by atoms with Crippen molar-refractivity contribution < 1.29 is 21.8 Å². The zero-order valence-electron chi connectivity index (χ0n) is 11.7. The van der Waals surface area contributed by atoms with Crippen LogP contribution >= 0.6 is 0 Å². The van der Waals surface area contributed by atoms with Crippen LogP contribution in [0, 0.1) is 0 Å². The molecule has 0 aliphatic heterocycles. The van der Waals surface area contributed by atoms with Gasteiger partial charge in [-0.2, -0.15) is 9.67 Å². The Kier molecular flexibility index (Phi) is 5.27. The van der Waals surface area contributed by atoms with Gasteiger partial charge in [0.25, 0.3) is 0 Å². The van der Waals surface area contributed by atoms with E-state index in [2.05, 4.69) is 15.5 Å². The molecule has 1 aromatic carbocycles. The summed E-state index contributed by atoms with van der Waals surface area (Å²) in [4.78, 5) is 14.9. The molecule has 0 saturated heterocycles. The quantitative estimate of drug-likeness (QED) is 0.348. The summed E-state index contributed by atoms with van der Waals surface area (Å²) in [6, 6.07) is 13.6. The van der Waals surface area contributed by atoms with E-state index in [1.807, 2.05) is 61.1 Å². The maximum absolute atomic E-state index is 11.7. The highest BCUT2D eigenvalue weighted by Crippen LogP contribution is 2.12. The van der Waals surface area contributed by atoms with E-state index in [1.165, 1.54) is 0 Å². The lowest BCUT2D eigenvalue weighted by Crippen LogP contribution is -3.00. The maximum Gasteiger partial charge on any atom is 0.305 e. The molecule has 6 heteroatoms. The Hall–Kier alpha value is -2.66.